The number of carbonyl (C=O) groups is 2. The van der Waals surface area contributed by atoms with E-state index in [0.717, 1.165) is 25.1 Å². The Kier molecular flexibility index (Phi) is 4.24. The number of nitrogens with zero attached hydrogens (tertiary/aromatic N) is 2. The summed E-state index contributed by atoms with van der Waals surface area (Å²) in [5.41, 5.74) is 0.372. The molecule has 3 heterocycles. The molecule has 1 atom stereocenters. The lowest BCUT2D eigenvalue weighted by molar-refractivity contribution is -0.123. The summed E-state index contributed by atoms with van der Waals surface area (Å²) >= 11 is 0. The van der Waals surface area contributed by atoms with Crippen LogP contribution >= 0.6 is 0 Å². The summed E-state index contributed by atoms with van der Waals surface area (Å²) in [6, 6.07) is 5.61. The van der Waals surface area contributed by atoms with Crippen LogP contribution in [0.2, 0.25) is 0 Å². The van der Waals surface area contributed by atoms with E-state index in [2.05, 4.69) is 15.6 Å². The number of hydrogen-bond acceptors (Lipinski definition) is 5. The Morgan fingerprint density at radius 3 is 3.14 bits per heavy atom. The fourth-order valence-corrected chi connectivity index (χ4v) is 3.01. The van der Waals surface area contributed by atoms with Gasteiger partial charge in [0.15, 0.2) is 0 Å². The SMILES string of the molecule is O=C(CN1CCC[C@@]2(CNC(=O)O2)C1)NCc1ccccn1. The Morgan fingerprint density at radius 1 is 1.50 bits per heavy atom. The summed E-state index contributed by atoms with van der Waals surface area (Å²) in [7, 11) is 0. The number of carbonyl (C=O) groups excluding carboxylic acids is 2. The van der Waals surface area contributed by atoms with Gasteiger partial charge in [0.05, 0.1) is 25.3 Å². The summed E-state index contributed by atoms with van der Waals surface area (Å²) in [5.74, 6) is -0.0417. The fourth-order valence-electron chi connectivity index (χ4n) is 3.01. The van der Waals surface area contributed by atoms with Crippen LogP contribution < -0.4 is 10.6 Å². The molecule has 1 spiro atoms. The third-order valence-electron chi connectivity index (χ3n) is 4.04. The molecule has 0 aliphatic carbocycles. The molecule has 0 unspecified atom stereocenters. The van der Waals surface area contributed by atoms with E-state index in [1.54, 1.807) is 6.20 Å². The molecule has 3 rings (SSSR count). The Bertz CT molecular complexity index is 551. The Morgan fingerprint density at radius 2 is 2.41 bits per heavy atom. The van der Waals surface area contributed by atoms with Gasteiger partial charge in [0.25, 0.3) is 0 Å². The van der Waals surface area contributed by atoms with Crippen LogP contribution in [0.25, 0.3) is 0 Å². The Hall–Kier alpha value is -2.15. The predicted octanol–water partition coefficient (Wildman–Crippen LogP) is 0.272. The first-order chi connectivity index (χ1) is 10.7. The largest absolute Gasteiger partial charge is 0.440 e. The number of piperidine rings is 1. The molecule has 2 fully saturated rings. The lowest BCUT2D eigenvalue weighted by atomic mass is 9.93. The highest BCUT2D eigenvalue weighted by atomic mass is 16.6. The number of rotatable bonds is 4. The van der Waals surface area contributed by atoms with Crippen molar-refractivity contribution in [1.29, 1.82) is 0 Å². The second kappa shape index (κ2) is 6.31. The van der Waals surface area contributed by atoms with Crippen molar-refractivity contribution >= 4 is 12.0 Å². The van der Waals surface area contributed by atoms with Gasteiger partial charge in [0.2, 0.25) is 5.91 Å². The second-order valence-electron chi connectivity index (χ2n) is 5.84. The minimum absolute atomic E-state index is 0.0417. The molecule has 1 aromatic rings. The molecule has 2 aliphatic heterocycles. The van der Waals surface area contributed by atoms with Crippen LogP contribution in [0.15, 0.2) is 24.4 Å². The van der Waals surface area contributed by atoms with Crippen molar-refractivity contribution in [3.8, 4) is 0 Å². The third-order valence-corrected chi connectivity index (χ3v) is 4.04. The number of nitrogens with one attached hydrogen (secondary N) is 2. The van der Waals surface area contributed by atoms with Crippen molar-refractivity contribution in [3.05, 3.63) is 30.1 Å². The first-order valence-corrected chi connectivity index (χ1v) is 7.51. The molecule has 2 amide bonds. The van der Waals surface area contributed by atoms with Gasteiger partial charge in [-0.2, -0.15) is 0 Å². The standard InChI is InChI=1S/C15H20N4O3/c20-13(17-8-12-4-1-2-6-16-12)9-19-7-3-5-15(11-19)10-18-14(21)22-15/h1-2,4,6H,3,5,7-11H2,(H,17,20)(H,18,21)/t15-/m1/s1. The van der Waals surface area contributed by atoms with Crippen LogP contribution in [0.4, 0.5) is 4.79 Å². The number of aromatic nitrogens is 1. The molecule has 118 valence electrons. The molecule has 2 saturated heterocycles. The van der Waals surface area contributed by atoms with Crippen molar-refractivity contribution in [1.82, 2.24) is 20.5 Å². The maximum atomic E-state index is 12.0. The second-order valence-corrected chi connectivity index (χ2v) is 5.84. The molecule has 22 heavy (non-hydrogen) atoms. The first kappa shape index (κ1) is 14.8. The van der Waals surface area contributed by atoms with E-state index in [0.29, 0.717) is 26.2 Å². The van der Waals surface area contributed by atoms with E-state index in [-0.39, 0.29) is 12.0 Å². The Labute approximate surface area is 129 Å². The molecule has 1 aromatic heterocycles. The van der Waals surface area contributed by atoms with Crippen molar-refractivity contribution < 1.29 is 14.3 Å². The molecule has 2 aliphatic rings. The van der Waals surface area contributed by atoms with Gasteiger partial charge in [-0.05, 0) is 31.5 Å². The lowest BCUT2D eigenvalue weighted by Crippen LogP contribution is -2.52. The molecule has 0 bridgehead atoms. The minimum atomic E-state index is -0.462. The van der Waals surface area contributed by atoms with Gasteiger partial charge in [0, 0.05) is 12.7 Å². The molecule has 0 radical (unpaired) electrons. The zero-order valence-corrected chi connectivity index (χ0v) is 12.4. The molecular weight excluding hydrogens is 284 g/mol. The quantitative estimate of drug-likeness (QED) is 0.834. The number of likely N-dealkylation sites (tertiary alicyclic amines) is 1. The van der Waals surface area contributed by atoms with Gasteiger partial charge in [-0.1, -0.05) is 6.07 Å². The predicted molar refractivity (Wildman–Crippen MR) is 79.0 cm³/mol. The fraction of sp³-hybridized carbons (Fsp3) is 0.533. The Balaban J connectivity index is 1.48. The van der Waals surface area contributed by atoms with Crippen molar-refractivity contribution in [3.63, 3.8) is 0 Å². The zero-order chi connectivity index (χ0) is 15.4. The highest BCUT2D eigenvalue weighted by Gasteiger charge is 2.43. The van der Waals surface area contributed by atoms with E-state index in [4.69, 9.17) is 4.74 Å². The van der Waals surface area contributed by atoms with E-state index >= 15 is 0 Å². The average molecular weight is 304 g/mol. The summed E-state index contributed by atoms with van der Waals surface area (Å²) in [6.07, 6.45) is 3.11. The van der Waals surface area contributed by atoms with Crippen LogP contribution in [0.3, 0.4) is 0 Å². The van der Waals surface area contributed by atoms with Gasteiger partial charge in [0.1, 0.15) is 5.60 Å². The summed E-state index contributed by atoms with van der Waals surface area (Å²) < 4.78 is 5.40. The maximum absolute atomic E-state index is 12.0. The summed E-state index contributed by atoms with van der Waals surface area (Å²) in [6.45, 7) is 2.71. The summed E-state index contributed by atoms with van der Waals surface area (Å²) in [5, 5.41) is 5.57. The molecule has 0 aromatic carbocycles. The highest BCUT2D eigenvalue weighted by molar-refractivity contribution is 5.78. The average Bonchev–Trinajstić information content (AvgIpc) is 2.86. The van der Waals surface area contributed by atoms with Crippen molar-refractivity contribution in [2.45, 2.75) is 25.0 Å². The van der Waals surface area contributed by atoms with Crippen LogP contribution in [0, 0.1) is 0 Å². The monoisotopic (exact) mass is 304 g/mol. The molecule has 2 N–H and O–H groups in total. The van der Waals surface area contributed by atoms with E-state index < -0.39 is 5.60 Å². The molecular formula is C15H20N4O3. The topological polar surface area (TPSA) is 83.6 Å². The number of amides is 2. The highest BCUT2D eigenvalue weighted by Crippen LogP contribution is 2.27. The number of alkyl carbamates (subject to hydrolysis) is 1. The van der Waals surface area contributed by atoms with Crippen LogP contribution in [0.1, 0.15) is 18.5 Å². The smallest absolute Gasteiger partial charge is 0.407 e. The van der Waals surface area contributed by atoms with Gasteiger partial charge in [-0.15, -0.1) is 0 Å². The van der Waals surface area contributed by atoms with Crippen LogP contribution in [-0.2, 0) is 16.1 Å². The first-order valence-electron chi connectivity index (χ1n) is 7.51. The van der Waals surface area contributed by atoms with Crippen molar-refractivity contribution in [2.75, 3.05) is 26.2 Å². The van der Waals surface area contributed by atoms with Crippen molar-refractivity contribution in [2.24, 2.45) is 0 Å². The van der Waals surface area contributed by atoms with Gasteiger partial charge in [-0.3, -0.25) is 14.7 Å². The van der Waals surface area contributed by atoms with Gasteiger partial charge < -0.3 is 15.4 Å². The maximum Gasteiger partial charge on any atom is 0.407 e. The summed E-state index contributed by atoms with van der Waals surface area (Å²) in [4.78, 5) is 29.5. The van der Waals surface area contributed by atoms with Gasteiger partial charge in [-0.25, -0.2) is 4.79 Å². The van der Waals surface area contributed by atoms with E-state index in [9.17, 15) is 9.59 Å². The molecule has 0 saturated carbocycles. The number of ether oxygens (including phenoxy) is 1. The minimum Gasteiger partial charge on any atom is -0.440 e. The van der Waals surface area contributed by atoms with Crippen LogP contribution in [-0.4, -0.2) is 53.7 Å². The van der Waals surface area contributed by atoms with Gasteiger partial charge >= 0.3 is 6.09 Å². The number of pyridine rings is 1. The lowest BCUT2D eigenvalue weighted by Gasteiger charge is -2.37. The van der Waals surface area contributed by atoms with E-state index in [1.807, 2.05) is 23.1 Å². The van der Waals surface area contributed by atoms with Crippen LogP contribution in [0.5, 0.6) is 0 Å². The third kappa shape index (κ3) is 3.54. The normalized spacial score (nSPS) is 24.8. The number of hydrogen-bond donors (Lipinski definition) is 2. The molecule has 7 heteroatoms. The zero-order valence-electron chi connectivity index (χ0n) is 12.4. The van der Waals surface area contributed by atoms with E-state index in [1.165, 1.54) is 0 Å². The molecule has 7 nitrogen and oxygen atoms in total.